The molecule has 0 aromatic carbocycles. The third-order valence-corrected chi connectivity index (χ3v) is 4.64. The highest BCUT2D eigenvalue weighted by atomic mass is 32.2. The van der Waals surface area contributed by atoms with Crippen LogP contribution in [0.2, 0.25) is 0 Å². The molecule has 1 aliphatic rings. The molecule has 0 aromatic heterocycles. The SMILES string of the molecule is FC(F)(F)C(F)(F)C(F)(F)C(F)(F)C(F)(F)C(F)(F)C(F)(F)C(F)(F)CC1CS1. The number of halogens is 17. The fraction of sp³-hybridized carbons (Fsp3) is 1.00. The minimum absolute atomic E-state index is 0.375. The highest BCUT2D eigenvalue weighted by Crippen LogP contribution is 2.64. The largest absolute Gasteiger partial charge is 0.460 e. The van der Waals surface area contributed by atoms with Crippen molar-refractivity contribution in [2.24, 2.45) is 0 Å². The highest BCUT2D eigenvalue weighted by molar-refractivity contribution is 8.06. The van der Waals surface area contributed by atoms with Gasteiger partial charge in [-0.2, -0.15) is 86.4 Å². The molecule has 0 aliphatic carbocycles. The molecule has 18 heteroatoms. The van der Waals surface area contributed by atoms with Crippen LogP contribution in [0.5, 0.6) is 0 Å². The van der Waals surface area contributed by atoms with Crippen molar-refractivity contribution >= 4 is 11.8 Å². The topological polar surface area (TPSA) is 0 Å². The summed E-state index contributed by atoms with van der Waals surface area (Å²) in [6, 6.07) is 0. The minimum atomic E-state index is -8.56. The molecule has 1 rings (SSSR count). The van der Waals surface area contributed by atoms with Crippen LogP contribution >= 0.6 is 11.8 Å². The monoisotopic (exact) mass is 492 g/mol. The second-order valence-corrected chi connectivity index (χ2v) is 7.14. The molecule has 0 aromatic rings. The highest BCUT2D eigenvalue weighted by Gasteiger charge is 2.95. The van der Waals surface area contributed by atoms with Crippen LogP contribution in [0.4, 0.5) is 74.6 Å². The van der Waals surface area contributed by atoms with Crippen LogP contribution in [-0.4, -0.2) is 58.6 Å². The van der Waals surface area contributed by atoms with Crippen LogP contribution in [0.15, 0.2) is 0 Å². The molecular formula is C11H5F17S. The molecule has 0 nitrogen and oxygen atoms in total. The molecular weight excluding hydrogens is 487 g/mol. The zero-order valence-corrected chi connectivity index (χ0v) is 13.6. The standard InChI is InChI=1S/C11H5F17S/c12-4(13,1-3-2-29-3)5(14,15)6(16,17)7(18,19)8(20,21)9(22,23)10(24,25)11(26,27)28/h3H,1-2H2. The summed E-state index contributed by atoms with van der Waals surface area (Å²) in [5.41, 5.74) is 0. The summed E-state index contributed by atoms with van der Waals surface area (Å²) in [4.78, 5) is 0. The van der Waals surface area contributed by atoms with Gasteiger partial charge in [0.2, 0.25) is 0 Å². The van der Waals surface area contributed by atoms with Crippen molar-refractivity contribution in [1.82, 2.24) is 0 Å². The quantitative estimate of drug-likeness (QED) is 0.276. The molecule has 0 radical (unpaired) electrons. The van der Waals surface area contributed by atoms with Crippen molar-refractivity contribution in [1.29, 1.82) is 0 Å². The molecule has 0 amide bonds. The first-order chi connectivity index (χ1) is 12.3. The van der Waals surface area contributed by atoms with Crippen LogP contribution < -0.4 is 0 Å². The van der Waals surface area contributed by atoms with Gasteiger partial charge in [0.1, 0.15) is 0 Å². The van der Waals surface area contributed by atoms with Crippen LogP contribution in [-0.2, 0) is 0 Å². The predicted octanol–water partition coefficient (Wildman–Crippen LogP) is 6.50. The van der Waals surface area contributed by atoms with Crippen LogP contribution in [0.3, 0.4) is 0 Å². The smallest absolute Gasteiger partial charge is 0.200 e. The lowest BCUT2D eigenvalue weighted by atomic mass is 9.88. The molecule has 1 fully saturated rings. The Morgan fingerprint density at radius 2 is 0.759 bits per heavy atom. The Bertz CT molecular complexity index is 613. The summed E-state index contributed by atoms with van der Waals surface area (Å²) in [6.07, 6.45) is -10.1. The first-order valence-corrected chi connectivity index (χ1v) is 7.71. The Morgan fingerprint density at radius 1 is 0.483 bits per heavy atom. The maximum absolute atomic E-state index is 13.3. The molecule has 1 heterocycles. The van der Waals surface area contributed by atoms with E-state index in [0.29, 0.717) is 11.8 Å². The van der Waals surface area contributed by atoms with E-state index >= 15 is 0 Å². The third-order valence-electron chi connectivity index (χ3n) is 3.67. The van der Waals surface area contributed by atoms with Crippen molar-refractivity contribution in [2.75, 3.05) is 5.75 Å². The van der Waals surface area contributed by atoms with E-state index in [-0.39, 0.29) is 5.75 Å². The van der Waals surface area contributed by atoms with E-state index in [4.69, 9.17) is 0 Å². The van der Waals surface area contributed by atoms with Crippen molar-refractivity contribution in [3.05, 3.63) is 0 Å². The molecule has 1 atom stereocenters. The lowest BCUT2D eigenvalue weighted by Gasteiger charge is -2.42. The number of rotatable bonds is 8. The first kappa shape index (κ1) is 26.2. The maximum Gasteiger partial charge on any atom is 0.460 e. The van der Waals surface area contributed by atoms with Crippen LogP contribution in [0.25, 0.3) is 0 Å². The maximum atomic E-state index is 13.3. The first-order valence-electron chi connectivity index (χ1n) is 6.66. The van der Waals surface area contributed by atoms with E-state index in [9.17, 15) is 74.6 Å². The average Bonchev–Trinajstić information content (AvgIpc) is 3.27. The lowest BCUT2D eigenvalue weighted by molar-refractivity contribution is -0.461. The van der Waals surface area contributed by atoms with Gasteiger partial charge in [0, 0.05) is 17.4 Å². The minimum Gasteiger partial charge on any atom is -0.200 e. The van der Waals surface area contributed by atoms with E-state index in [1.54, 1.807) is 0 Å². The fourth-order valence-electron chi connectivity index (χ4n) is 1.80. The van der Waals surface area contributed by atoms with Crippen molar-refractivity contribution in [2.45, 2.75) is 59.3 Å². The Balaban J connectivity index is 3.52. The van der Waals surface area contributed by atoms with Gasteiger partial charge in [-0.05, 0) is 0 Å². The predicted molar refractivity (Wildman–Crippen MR) is 61.5 cm³/mol. The molecule has 29 heavy (non-hydrogen) atoms. The summed E-state index contributed by atoms with van der Waals surface area (Å²) in [6.45, 7) is 0. The van der Waals surface area contributed by atoms with Gasteiger partial charge in [-0.3, -0.25) is 0 Å². The molecule has 0 N–H and O–H groups in total. The summed E-state index contributed by atoms with van der Waals surface area (Å²) in [5, 5.41) is -1.53. The summed E-state index contributed by atoms with van der Waals surface area (Å²) in [5.74, 6) is -56.0. The number of hydrogen-bond donors (Lipinski definition) is 0. The molecule has 0 spiro atoms. The van der Waals surface area contributed by atoms with Gasteiger partial charge < -0.3 is 0 Å². The van der Waals surface area contributed by atoms with Gasteiger partial charge in [-0.15, -0.1) is 0 Å². The van der Waals surface area contributed by atoms with Gasteiger partial charge in [0.25, 0.3) is 0 Å². The molecule has 0 saturated carbocycles. The molecule has 0 bridgehead atoms. The van der Waals surface area contributed by atoms with Crippen LogP contribution in [0.1, 0.15) is 6.42 Å². The number of alkyl halides is 17. The van der Waals surface area contributed by atoms with E-state index in [2.05, 4.69) is 0 Å². The average molecular weight is 492 g/mol. The fourth-order valence-corrected chi connectivity index (χ4v) is 2.38. The summed E-state index contributed by atoms with van der Waals surface area (Å²) >= 11 is 0.407. The Labute approximate surface area is 152 Å². The van der Waals surface area contributed by atoms with Gasteiger partial charge in [-0.1, -0.05) is 0 Å². The Hall–Kier alpha value is -0.840. The number of thioether (sulfide) groups is 1. The number of hydrogen-bond acceptors (Lipinski definition) is 1. The molecule has 1 aliphatic heterocycles. The van der Waals surface area contributed by atoms with E-state index in [1.165, 1.54) is 0 Å². The zero-order valence-electron chi connectivity index (χ0n) is 12.8. The third kappa shape index (κ3) is 3.49. The van der Waals surface area contributed by atoms with Gasteiger partial charge in [0.15, 0.2) is 0 Å². The normalized spacial score (nSPS) is 20.8. The summed E-state index contributed by atoms with van der Waals surface area (Å²) < 4.78 is 219. The lowest BCUT2D eigenvalue weighted by Crippen LogP contribution is -2.74. The van der Waals surface area contributed by atoms with Gasteiger partial charge >= 0.3 is 47.6 Å². The Morgan fingerprint density at radius 3 is 1.03 bits per heavy atom. The van der Waals surface area contributed by atoms with Crippen LogP contribution in [0, 0.1) is 0 Å². The van der Waals surface area contributed by atoms with E-state index < -0.39 is 59.3 Å². The molecule has 174 valence electrons. The molecule has 1 unspecified atom stereocenters. The van der Waals surface area contributed by atoms with Gasteiger partial charge in [0.05, 0.1) is 0 Å². The van der Waals surface area contributed by atoms with E-state index in [1.807, 2.05) is 0 Å². The second-order valence-electron chi connectivity index (χ2n) is 5.81. The van der Waals surface area contributed by atoms with Crippen molar-refractivity contribution in [3.63, 3.8) is 0 Å². The summed E-state index contributed by atoms with van der Waals surface area (Å²) in [7, 11) is 0. The van der Waals surface area contributed by atoms with Crippen molar-refractivity contribution in [3.8, 4) is 0 Å². The zero-order chi connectivity index (χ0) is 23.7. The molecule has 1 saturated heterocycles. The van der Waals surface area contributed by atoms with Gasteiger partial charge in [-0.25, -0.2) is 0 Å². The van der Waals surface area contributed by atoms with E-state index in [0.717, 1.165) is 0 Å². The Kier molecular flexibility index (Phi) is 5.94. The second kappa shape index (κ2) is 6.58. The van der Waals surface area contributed by atoms with Crippen molar-refractivity contribution < 1.29 is 74.6 Å².